The molecule has 78 valence electrons. The Morgan fingerprint density at radius 3 is 2.14 bits per heavy atom. The van der Waals surface area contributed by atoms with Gasteiger partial charge in [0.1, 0.15) is 6.10 Å². The van der Waals surface area contributed by atoms with E-state index in [0.717, 1.165) is 12.0 Å². The molecule has 0 saturated carbocycles. The van der Waals surface area contributed by atoms with Gasteiger partial charge in [-0.3, -0.25) is 5.26 Å². The molecule has 0 spiro atoms. The molecule has 1 aromatic carbocycles. The van der Waals surface area contributed by atoms with Gasteiger partial charge in [-0.2, -0.15) is 0 Å². The van der Waals surface area contributed by atoms with E-state index in [4.69, 9.17) is 5.26 Å². The van der Waals surface area contributed by atoms with Crippen molar-refractivity contribution in [2.24, 2.45) is 5.92 Å². The summed E-state index contributed by atoms with van der Waals surface area (Å²) in [5.74, 6) is 0.673. The molecule has 0 heterocycles. The van der Waals surface area contributed by atoms with Gasteiger partial charge >= 0.3 is 0 Å². The van der Waals surface area contributed by atoms with Crippen LogP contribution in [0.25, 0.3) is 0 Å². The molecule has 0 aliphatic rings. The summed E-state index contributed by atoms with van der Waals surface area (Å²) < 4.78 is 0. The topological polar surface area (TPSA) is 29.5 Å². The third-order valence-corrected chi connectivity index (χ3v) is 2.25. The first-order valence-corrected chi connectivity index (χ1v) is 5.02. The Hall–Kier alpha value is -0.860. The highest BCUT2D eigenvalue weighted by Gasteiger charge is 2.04. The fourth-order valence-electron chi connectivity index (χ4n) is 1.46. The van der Waals surface area contributed by atoms with Crippen LogP contribution in [0, 0.1) is 5.92 Å². The summed E-state index contributed by atoms with van der Waals surface area (Å²) in [6.45, 7) is 6.22. The number of rotatable bonds is 4. The molecular formula is C12H18O2. The van der Waals surface area contributed by atoms with Gasteiger partial charge in [0.25, 0.3) is 0 Å². The summed E-state index contributed by atoms with van der Waals surface area (Å²) in [4.78, 5) is 4.26. The lowest BCUT2D eigenvalue weighted by atomic mass is 10.0. The summed E-state index contributed by atoms with van der Waals surface area (Å²) >= 11 is 0. The lowest BCUT2D eigenvalue weighted by Gasteiger charge is -2.09. The Morgan fingerprint density at radius 2 is 1.71 bits per heavy atom. The van der Waals surface area contributed by atoms with Gasteiger partial charge in [0, 0.05) is 0 Å². The van der Waals surface area contributed by atoms with Crippen LogP contribution < -0.4 is 0 Å². The van der Waals surface area contributed by atoms with Gasteiger partial charge < -0.3 is 0 Å². The second-order valence-electron chi connectivity index (χ2n) is 4.09. The van der Waals surface area contributed by atoms with Crippen molar-refractivity contribution in [1.29, 1.82) is 0 Å². The van der Waals surface area contributed by atoms with Crippen LogP contribution in [0.4, 0.5) is 0 Å². The van der Waals surface area contributed by atoms with E-state index in [1.54, 1.807) is 0 Å². The van der Waals surface area contributed by atoms with Crippen LogP contribution in [0.5, 0.6) is 0 Å². The van der Waals surface area contributed by atoms with Crippen molar-refractivity contribution < 1.29 is 10.1 Å². The maximum Gasteiger partial charge on any atom is 0.115 e. The Morgan fingerprint density at radius 1 is 1.14 bits per heavy atom. The van der Waals surface area contributed by atoms with Crippen molar-refractivity contribution >= 4 is 0 Å². The molecule has 0 bridgehead atoms. The van der Waals surface area contributed by atoms with Gasteiger partial charge in [-0.05, 0) is 30.4 Å². The minimum absolute atomic E-state index is 0.247. The zero-order valence-corrected chi connectivity index (χ0v) is 9.03. The maximum absolute atomic E-state index is 8.50. The van der Waals surface area contributed by atoms with Crippen molar-refractivity contribution in [2.45, 2.75) is 33.3 Å². The van der Waals surface area contributed by atoms with Gasteiger partial charge in [0.2, 0.25) is 0 Å². The summed E-state index contributed by atoms with van der Waals surface area (Å²) in [5.41, 5.74) is 2.33. The van der Waals surface area contributed by atoms with Crippen LogP contribution in [0.2, 0.25) is 0 Å². The highest BCUT2D eigenvalue weighted by atomic mass is 17.1. The zero-order chi connectivity index (χ0) is 10.6. The van der Waals surface area contributed by atoms with Crippen LogP contribution in [0.15, 0.2) is 24.3 Å². The smallest absolute Gasteiger partial charge is 0.115 e. The first-order chi connectivity index (χ1) is 6.63. The summed E-state index contributed by atoms with van der Waals surface area (Å²) in [7, 11) is 0. The molecule has 0 amide bonds. The Labute approximate surface area is 85.5 Å². The van der Waals surface area contributed by atoms with Crippen LogP contribution in [-0.2, 0) is 11.3 Å². The van der Waals surface area contributed by atoms with E-state index in [-0.39, 0.29) is 6.10 Å². The zero-order valence-electron chi connectivity index (χ0n) is 9.03. The number of benzene rings is 1. The maximum atomic E-state index is 8.50. The predicted molar refractivity (Wildman–Crippen MR) is 57.1 cm³/mol. The Balaban J connectivity index is 2.68. The van der Waals surface area contributed by atoms with E-state index in [1.165, 1.54) is 5.56 Å². The average Bonchev–Trinajstić information content (AvgIpc) is 2.17. The summed E-state index contributed by atoms with van der Waals surface area (Å²) in [5, 5.41) is 8.50. The molecule has 1 atom stereocenters. The molecule has 0 saturated heterocycles. The second kappa shape index (κ2) is 5.13. The van der Waals surface area contributed by atoms with E-state index in [9.17, 15) is 0 Å². The number of hydrogen-bond donors (Lipinski definition) is 1. The van der Waals surface area contributed by atoms with E-state index < -0.39 is 0 Å². The number of hydrogen-bond acceptors (Lipinski definition) is 2. The fourth-order valence-corrected chi connectivity index (χ4v) is 1.46. The van der Waals surface area contributed by atoms with Crippen LogP contribution in [0.3, 0.4) is 0 Å². The molecule has 0 aliphatic heterocycles. The molecule has 14 heavy (non-hydrogen) atoms. The van der Waals surface area contributed by atoms with Gasteiger partial charge in [0.15, 0.2) is 0 Å². The van der Waals surface area contributed by atoms with E-state index in [1.807, 2.05) is 19.1 Å². The van der Waals surface area contributed by atoms with E-state index in [0.29, 0.717) is 5.92 Å². The Kier molecular flexibility index (Phi) is 4.11. The fraction of sp³-hybridized carbons (Fsp3) is 0.500. The molecule has 0 aromatic heterocycles. The minimum atomic E-state index is -0.247. The first kappa shape index (κ1) is 11.2. The normalized spacial score (nSPS) is 13.2. The van der Waals surface area contributed by atoms with Crippen molar-refractivity contribution in [1.82, 2.24) is 0 Å². The molecule has 1 N–H and O–H groups in total. The second-order valence-corrected chi connectivity index (χ2v) is 4.09. The lowest BCUT2D eigenvalue weighted by Crippen LogP contribution is -1.98. The molecular weight excluding hydrogens is 176 g/mol. The quantitative estimate of drug-likeness (QED) is 0.587. The van der Waals surface area contributed by atoms with E-state index >= 15 is 0 Å². The van der Waals surface area contributed by atoms with Crippen molar-refractivity contribution in [3.05, 3.63) is 35.4 Å². The van der Waals surface area contributed by atoms with Crippen LogP contribution >= 0.6 is 0 Å². The van der Waals surface area contributed by atoms with Crippen LogP contribution in [-0.4, -0.2) is 5.26 Å². The summed E-state index contributed by atoms with van der Waals surface area (Å²) in [6.07, 6.45) is 0.845. The first-order valence-electron chi connectivity index (χ1n) is 5.02. The molecule has 2 nitrogen and oxygen atoms in total. The molecule has 2 heteroatoms. The summed E-state index contributed by atoms with van der Waals surface area (Å²) in [6, 6.07) is 8.17. The third-order valence-electron chi connectivity index (χ3n) is 2.25. The highest BCUT2D eigenvalue weighted by molar-refractivity contribution is 5.24. The molecule has 1 rings (SSSR count). The predicted octanol–water partition coefficient (Wildman–Crippen LogP) is 3.44. The third kappa shape index (κ3) is 3.13. The van der Waals surface area contributed by atoms with Crippen LogP contribution in [0.1, 0.15) is 38.0 Å². The Bertz CT molecular complexity index is 264. The van der Waals surface area contributed by atoms with Crippen molar-refractivity contribution in [3.8, 4) is 0 Å². The SMILES string of the molecule is CC(C)Cc1ccc(C(C)OO)cc1. The minimum Gasteiger partial charge on any atom is -0.251 e. The molecule has 1 unspecified atom stereocenters. The molecule has 0 fully saturated rings. The van der Waals surface area contributed by atoms with E-state index in [2.05, 4.69) is 30.9 Å². The van der Waals surface area contributed by atoms with Gasteiger partial charge in [-0.25, -0.2) is 4.89 Å². The van der Waals surface area contributed by atoms with Gasteiger partial charge in [-0.1, -0.05) is 38.1 Å². The lowest BCUT2D eigenvalue weighted by molar-refractivity contribution is -0.277. The largest absolute Gasteiger partial charge is 0.251 e. The van der Waals surface area contributed by atoms with Gasteiger partial charge in [-0.15, -0.1) is 0 Å². The van der Waals surface area contributed by atoms with Crippen molar-refractivity contribution in [2.75, 3.05) is 0 Å². The van der Waals surface area contributed by atoms with Crippen molar-refractivity contribution in [3.63, 3.8) is 0 Å². The molecule has 0 radical (unpaired) electrons. The molecule has 1 aromatic rings. The standard InChI is InChI=1S/C12H18O2/c1-9(2)8-11-4-6-12(7-5-11)10(3)14-13/h4-7,9-10,13H,8H2,1-3H3. The monoisotopic (exact) mass is 194 g/mol. The highest BCUT2D eigenvalue weighted by Crippen LogP contribution is 2.17. The molecule has 0 aliphatic carbocycles. The average molecular weight is 194 g/mol. The van der Waals surface area contributed by atoms with Gasteiger partial charge in [0.05, 0.1) is 0 Å².